The molecule has 1 N–H and O–H groups in total. The van der Waals surface area contributed by atoms with Crippen molar-refractivity contribution >= 4 is 11.6 Å². The molecule has 2 heterocycles. The van der Waals surface area contributed by atoms with Gasteiger partial charge in [-0.05, 0) is 59.7 Å². The highest BCUT2D eigenvalue weighted by atomic mass is 16.1. The number of rotatable bonds is 5. The number of carbonyl (C=O) groups excluding carboxylic acids is 1. The fraction of sp³-hybridized carbons (Fsp3) is 0.188. The third-order valence-corrected chi connectivity index (χ3v) is 3.39. The molecule has 0 aliphatic rings. The molecule has 7 heteroatoms. The van der Waals surface area contributed by atoms with Crippen molar-refractivity contribution in [2.45, 2.75) is 19.8 Å². The van der Waals surface area contributed by atoms with Crippen molar-refractivity contribution in [1.82, 2.24) is 25.2 Å². The zero-order valence-electron chi connectivity index (χ0n) is 12.7. The summed E-state index contributed by atoms with van der Waals surface area (Å²) in [6.45, 7) is 1.82. The number of amides is 1. The maximum Gasteiger partial charge on any atom is 0.224 e. The first-order valence-electron chi connectivity index (χ1n) is 7.26. The summed E-state index contributed by atoms with van der Waals surface area (Å²) < 4.78 is 1.62. The highest BCUT2D eigenvalue weighted by molar-refractivity contribution is 5.91. The van der Waals surface area contributed by atoms with Gasteiger partial charge in [0.15, 0.2) is 5.82 Å². The highest BCUT2D eigenvalue weighted by Crippen LogP contribution is 2.15. The van der Waals surface area contributed by atoms with Crippen molar-refractivity contribution in [2.24, 2.45) is 0 Å². The van der Waals surface area contributed by atoms with E-state index in [0.29, 0.717) is 18.7 Å². The van der Waals surface area contributed by atoms with Crippen LogP contribution < -0.4 is 5.32 Å². The highest BCUT2D eigenvalue weighted by Gasteiger charge is 2.07. The molecular formula is C16H16N6O. The second-order valence-electron chi connectivity index (χ2n) is 5.09. The van der Waals surface area contributed by atoms with Gasteiger partial charge >= 0.3 is 0 Å². The molecule has 116 valence electrons. The molecule has 0 aliphatic heterocycles. The van der Waals surface area contributed by atoms with Crippen LogP contribution in [-0.4, -0.2) is 31.1 Å². The molecule has 23 heavy (non-hydrogen) atoms. The number of nitrogens with one attached hydrogen (secondary N) is 1. The molecular weight excluding hydrogens is 292 g/mol. The van der Waals surface area contributed by atoms with Crippen LogP contribution in [0.3, 0.4) is 0 Å². The minimum Gasteiger partial charge on any atom is -0.326 e. The third-order valence-electron chi connectivity index (χ3n) is 3.39. The summed E-state index contributed by atoms with van der Waals surface area (Å²) >= 11 is 0. The van der Waals surface area contributed by atoms with Crippen LogP contribution in [0, 0.1) is 6.92 Å². The Kier molecular flexibility index (Phi) is 4.37. The first-order valence-corrected chi connectivity index (χ1v) is 7.26. The summed E-state index contributed by atoms with van der Waals surface area (Å²) in [5, 5.41) is 14.3. The Morgan fingerprint density at radius 2 is 2.04 bits per heavy atom. The lowest BCUT2D eigenvalue weighted by atomic mass is 10.1. The van der Waals surface area contributed by atoms with E-state index < -0.39 is 0 Å². The first-order chi connectivity index (χ1) is 11.2. The van der Waals surface area contributed by atoms with Crippen LogP contribution in [0.25, 0.3) is 5.69 Å². The van der Waals surface area contributed by atoms with Gasteiger partial charge in [0.1, 0.15) is 0 Å². The van der Waals surface area contributed by atoms with E-state index in [9.17, 15) is 4.79 Å². The first kappa shape index (κ1) is 14.8. The van der Waals surface area contributed by atoms with E-state index in [1.54, 1.807) is 17.1 Å². The minimum atomic E-state index is -0.0348. The standard InChI is InChI=1S/C16H16N6O/c1-12-19-20-21-22(12)15-4-2-3-14(11-15)18-16(23)6-5-13-7-9-17-10-8-13/h2-4,7-11H,5-6H2,1H3,(H,18,23). The molecule has 0 atom stereocenters. The van der Waals surface area contributed by atoms with Gasteiger partial charge in [-0.2, -0.15) is 4.68 Å². The maximum absolute atomic E-state index is 12.1. The summed E-state index contributed by atoms with van der Waals surface area (Å²) in [6, 6.07) is 11.2. The van der Waals surface area contributed by atoms with E-state index in [1.807, 2.05) is 43.3 Å². The molecule has 7 nitrogen and oxygen atoms in total. The number of carbonyl (C=O) groups is 1. The molecule has 0 aliphatic carbocycles. The molecule has 0 fully saturated rings. The lowest BCUT2D eigenvalue weighted by Gasteiger charge is -2.08. The van der Waals surface area contributed by atoms with Crippen LogP contribution in [0.5, 0.6) is 0 Å². The van der Waals surface area contributed by atoms with Crippen molar-refractivity contribution < 1.29 is 4.79 Å². The Labute approximate surface area is 133 Å². The molecule has 3 rings (SSSR count). The van der Waals surface area contributed by atoms with Crippen LogP contribution in [0.2, 0.25) is 0 Å². The second-order valence-corrected chi connectivity index (χ2v) is 5.09. The van der Waals surface area contributed by atoms with Gasteiger partial charge in [-0.15, -0.1) is 5.10 Å². The van der Waals surface area contributed by atoms with E-state index >= 15 is 0 Å². The largest absolute Gasteiger partial charge is 0.326 e. The van der Waals surface area contributed by atoms with Crippen LogP contribution in [0.15, 0.2) is 48.8 Å². The van der Waals surface area contributed by atoms with Crippen LogP contribution in [0.4, 0.5) is 5.69 Å². The fourth-order valence-corrected chi connectivity index (χ4v) is 2.22. The van der Waals surface area contributed by atoms with Gasteiger partial charge in [0.2, 0.25) is 5.91 Å². The number of hydrogen-bond donors (Lipinski definition) is 1. The van der Waals surface area contributed by atoms with E-state index in [0.717, 1.165) is 16.9 Å². The number of tetrazole rings is 1. The Balaban J connectivity index is 1.64. The van der Waals surface area contributed by atoms with Gasteiger partial charge in [-0.25, -0.2) is 0 Å². The Morgan fingerprint density at radius 1 is 1.22 bits per heavy atom. The number of aryl methyl sites for hydroxylation is 2. The minimum absolute atomic E-state index is 0.0348. The predicted molar refractivity (Wildman–Crippen MR) is 85.1 cm³/mol. The lowest BCUT2D eigenvalue weighted by molar-refractivity contribution is -0.116. The zero-order chi connectivity index (χ0) is 16.1. The summed E-state index contributed by atoms with van der Waals surface area (Å²) in [5.74, 6) is 0.651. The molecule has 1 amide bonds. The van der Waals surface area contributed by atoms with Gasteiger partial charge in [0, 0.05) is 24.5 Å². The predicted octanol–water partition coefficient (Wildman–Crippen LogP) is 1.94. The number of benzene rings is 1. The SMILES string of the molecule is Cc1nnnn1-c1cccc(NC(=O)CCc2ccncc2)c1. The summed E-state index contributed by atoms with van der Waals surface area (Å²) in [7, 11) is 0. The van der Waals surface area contributed by atoms with Gasteiger partial charge in [0.25, 0.3) is 0 Å². The molecule has 0 unspecified atom stereocenters. The quantitative estimate of drug-likeness (QED) is 0.778. The van der Waals surface area contributed by atoms with E-state index in [1.165, 1.54) is 0 Å². The summed E-state index contributed by atoms with van der Waals surface area (Å²) in [6.07, 6.45) is 4.55. The molecule has 0 bridgehead atoms. The number of pyridine rings is 1. The lowest BCUT2D eigenvalue weighted by Crippen LogP contribution is -2.12. The number of hydrogen-bond acceptors (Lipinski definition) is 5. The smallest absolute Gasteiger partial charge is 0.224 e. The molecule has 2 aromatic heterocycles. The zero-order valence-corrected chi connectivity index (χ0v) is 12.7. The van der Waals surface area contributed by atoms with Gasteiger partial charge in [-0.3, -0.25) is 9.78 Å². The van der Waals surface area contributed by atoms with Gasteiger partial charge < -0.3 is 5.32 Å². The second kappa shape index (κ2) is 6.78. The number of aromatic nitrogens is 5. The Morgan fingerprint density at radius 3 is 2.78 bits per heavy atom. The van der Waals surface area contributed by atoms with Crippen molar-refractivity contribution in [3.05, 3.63) is 60.2 Å². The van der Waals surface area contributed by atoms with E-state index in [-0.39, 0.29) is 5.91 Å². The molecule has 0 saturated carbocycles. The van der Waals surface area contributed by atoms with E-state index in [4.69, 9.17) is 0 Å². The van der Waals surface area contributed by atoms with Gasteiger partial charge in [0.05, 0.1) is 5.69 Å². The molecule has 0 spiro atoms. The van der Waals surface area contributed by atoms with Crippen molar-refractivity contribution in [1.29, 1.82) is 0 Å². The summed E-state index contributed by atoms with van der Waals surface area (Å²) in [5.41, 5.74) is 2.62. The Bertz CT molecular complexity index is 799. The maximum atomic E-state index is 12.1. The monoisotopic (exact) mass is 308 g/mol. The molecule has 0 saturated heterocycles. The summed E-state index contributed by atoms with van der Waals surface area (Å²) in [4.78, 5) is 16.0. The fourth-order valence-electron chi connectivity index (χ4n) is 2.22. The van der Waals surface area contributed by atoms with E-state index in [2.05, 4.69) is 25.8 Å². The van der Waals surface area contributed by atoms with Gasteiger partial charge in [-0.1, -0.05) is 6.07 Å². The molecule has 1 aromatic carbocycles. The van der Waals surface area contributed by atoms with Crippen LogP contribution >= 0.6 is 0 Å². The topological polar surface area (TPSA) is 85.6 Å². The number of anilines is 1. The molecule has 3 aromatic rings. The van der Waals surface area contributed by atoms with Crippen LogP contribution in [-0.2, 0) is 11.2 Å². The third kappa shape index (κ3) is 3.76. The van der Waals surface area contributed by atoms with Crippen molar-refractivity contribution in [3.63, 3.8) is 0 Å². The number of nitrogens with zero attached hydrogens (tertiary/aromatic N) is 5. The van der Waals surface area contributed by atoms with Crippen LogP contribution in [0.1, 0.15) is 17.8 Å². The average Bonchev–Trinajstić information content (AvgIpc) is 3.00. The normalized spacial score (nSPS) is 10.5. The average molecular weight is 308 g/mol. The molecule has 0 radical (unpaired) electrons. The van der Waals surface area contributed by atoms with Crippen molar-refractivity contribution in [3.8, 4) is 5.69 Å². The van der Waals surface area contributed by atoms with Crippen molar-refractivity contribution in [2.75, 3.05) is 5.32 Å². The Hall–Kier alpha value is -3.09.